The Balaban J connectivity index is 2.09. The molecule has 1 N–H and O–H groups in total. The number of hydrogen-bond acceptors (Lipinski definition) is 4. The van der Waals surface area contributed by atoms with Crippen LogP contribution in [-0.4, -0.2) is 27.5 Å². The fourth-order valence-corrected chi connectivity index (χ4v) is 3.67. The van der Waals surface area contributed by atoms with E-state index in [9.17, 15) is 9.90 Å². The summed E-state index contributed by atoms with van der Waals surface area (Å²) >= 11 is 0. The summed E-state index contributed by atoms with van der Waals surface area (Å²) in [6, 6.07) is 4.23. The standard InChI is InChI=1S/C20H25N3O3/c1-5-26-18(25)9-8-16(24)20-22-10-6-7-17(22)21-23(20)19-14(3)11-13(2)12-15(19)4/h8,11-12H,5-7,9-10H2,1-4H3/p+1/b16-8-. The molecule has 0 spiro atoms. The molecule has 26 heavy (non-hydrogen) atoms. The van der Waals surface area contributed by atoms with E-state index in [-0.39, 0.29) is 18.1 Å². The molecule has 2 aromatic rings. The summed E-state index contributed by atoms with van der Waals surface area (Å²) in [6.07, 6.45) is 3.43. The molecule has 1 aromatic carbocycles. The van der Waals surface area contributed by atoms with Crippen molar-refractivity contribution in [2.75, 3.05) is 6.61 Å². The van der Waals surface area contributed by atoms with Crippen molar-refractivity contribution < 1.29 is 19.2 Å². The molecule has 0 unspecified atom stereocenters. The van der Waals surface area contributed by atoms with Crippen molar-refractivity contribution in [1.82, 2.24) is 9.78 Å². The number of aromatic nitrogens is 3. The van der Waals surface area contributed by atoms with Gasteiger partial charge in [-0.15, -0.1) is 0 Å². The summed E-state index contributed by atoms with van der Waals surface area (Å²) < 4.78 is 8.80. The van der Waals surface area contributed by atoms with E-state index in [1.165, 1.54) is 11.6 Å². The van der Waals surface area contributed by atoms with Crippen LogP contribution < -0.4 is 4.57 Å². The molecular formula is C20H26N3O3+. The van der Waals surface area contributed by atoms with E-state index in [1.54, 1.807) is 6.92 Å². The molecule has 0 bridgehead atoms. The van der Waals surface area contributed by atoms with E-state index in [0.29, 0.717) is 12.4 Å². The maximum atomic E-state index is 11.6. The summed E-state index contributed by atoms with van der Waals surface area (Å²) in [5.41, 5.74) is 4.37. The smallest absolute Gasteiger partial charge is 0.309 e. The molecule has 0 fully saturated rings. The van der Waals surface area contributed by atoms with Crippen LogP contribution in [0.2, 0.25) is 0 Å². The lowest BCUT2D eigenvalue weighted by atomic mass is 10.1. The highest BCUT2D eigenvalue weighted by Crippen LogP contribution is 2.25. The second-order valence-electron chi connectivity index (χ2n) is 6.75. The number of aliphatic hydroxyl groups is 1. The molecule has 138 valence electrons. The third kappa shape index (κ3) is 3.36. The fraction of sp³-hybridized carbons (Fsp3) is 0.450. The SMILES string of the molecule is CCOC(=O)C/C=C(\O)c1n(-c2c(C)cc(C)cc2C)nc2[n+]1CCC2. The van der Waals surface area contributed by atoms with Gasteiger partial charge in [0.25, 0.3) is 5.82 Å². The molecular weight excluding hydrogens is 330 g/mol. The molecule has 0 amide bonds. The second kappa shape index (κ2) is 7.32. The molecule has 1 aliphatic rings. The van der Waals surface area contributed by atoms with Crippen LogP contribution in [0, 0.1) is 20.8 Å². The average Bonchev–Trinajstić information content (AvgIpc) is 3.13. The van der Waals surface area contributed by atoms with Gasteiger partial charge in [0.2, 0.25) is 0 Å². The molecule has 0 saturated heterocycles. The van der Waals surface area contributed by atoms with E-state index in [4.69, 9.17) is 9.84 Å². The van der Waals surface area contributed by atoms with Crippen LogP contribution in [0.5, 0.6) is 0 Å². The maximum absolute atomic E-state index is 11.6. The first-order valence-corrected chi connectivity index (χ1v) is 9.07. The molecule has 6 heteroatoms. The van der Waals surface area contributed by atoms with Crippen LogP contribution in [0.25, 0.3) is 11.4 Å². The summed E-state index contributed by atoms with van der Waals surface area (Å²) in [5.74, 6) is 1.28. The number of esters is 1. The highest BCUT2D eigenvalue weighted by atomic mass is 16.5. The molecule has 6 nitrogen and oxygen atoms in total. The molecule has 0 atom stereocenters. The maximum Gasteiger partial charge on any atom is 0.309 e. The van der Waals surface area contributed by atoms with Gasteiger partial charge < -0.3 is 9.84 Å². The van der Waals surface area contributed by atoms with Gasteiger partial charge in [0.15, 0.2) is 5.76 Å². The highest BCUT2D eigenvalue weighted by molar-refractivity contribution is 5.73. The Bertz CT molecular complexity index is 858. The number of aliphatic hydroxyl groups excluding tert-OH is 1. The van der Waals surface area contributed by atoms with Gasteiger partial charge in [-0.2, -0.15) is 0 Å². The third-order valence-corrected chi connectivity index (χ3v) is 4.61. The van der Waals surface area contributed by atoms with Gasteiger partial charge in [0.05, 0.1) is 19.6 Å². The van der Waals surface area contributed by atoms with Crippen LogP contribution in [0.15, 0.2) is 18.2 Å². The Morgan fingerprint density at radius 2 is 2.04 bits per heavy atom. The molecule has 0 aliphatic carbocycles. The zero-order valence-corrected chi connectivity index (χ0v) is 15.9. The lowest BCUT2D eigenvalue weighted by Gasteiger charge is -2.09. The number of carbonyl (C=O) groups excluding carboxylic acids is 1. The first-order valence-electron chi connectivity index (χ1n) is 9.07. The Morgan fingerprint density at radius 3 is 2.69 bits per heavy atom. The van der Waals surface area contributed by atoms with Crippen LogP contribution in [0.4, 0.5) is 0 Å². The monoisotopic (exact) mass is 356 g/mol. The van der Waals surface area contributed by atoms with Crippen molar-refractivity contribution in [1.29, 1.82) is 0 Å². The molecule has 0 saturated carbocycles. The molecule has 3 rings (SSSR count). The summed E-state index contributed by atoms with van der Waals surface area (Å²) in [7, 11) is 0. The average molecular weight is 356 g/mol. The lowest BCUT2D eigenvalue weighted by Crippen LogP contribution is -2.36. The zero-order chi connectivity index (χ0) is 18.8. The fourth-order valence-electron chi connectivity index (χ4n) is 3.67. The van der Waals surface area contributed by atoms with Crippen LogP contribution in [0.1, 0.15) is 48.1 Å². The van der Waals surface area contributed by atoms with Gasteiger partial charge in [-0.25, -0.2) is 4.57 Å². The minimum absolute atomic E-state index is 0.0338. The van der Waals surface area contributed by atoms with Crippen LogP contribution >= 0.6 is 0 Å². The van der Waals surface area contributed by atoms with E-state index >= 15 is 0 Å². The van der Waals surface area contributed by atoms with E-state index in [1.807, 2.05) is 9.25 Å². The van der Waals surface area contributed by atoms with Gasteiger partial charge in [-0.1, -0.05) is 22.4 Å². The van der Waals surface area contributed by atoms with Gasteiger partial charge >= 0.3 is 11.8 Å². The predicted molar refractivity (Wildman–Crippen MR) is 98.1 cm³/mol. The van der Waals surface area contributed by atoms with E-state index < -0.39 is 0 Å². The number of aryl methyl sites for hydroxylation is 4. The molecule has 0 radical (unpaired) electrons. The van der Waals surface area contributed by atoms with Crippen molar-refractivity contribution in [2.45, 2.75) is 53.5 Å². The van der Waals surface area contributed by atoms with Gasteiger partial charge in [0, 0.05) is 11.5 Å². The Morgan fingerprint density at radius 1 is 1.35 bits per heavy atom. The normalized spacial score (nSPS) is 13.8. The number of rotatable bonds is 5. The second-order valence-corrected chi connectivity index (χ2v) is 6.75. The van der Waals surface area contributed by atoms with Crippen molar-refractivity contribution in [2.24, 2.45) is 0 Å². The van der Waals surface area contributed by atoms with Gasteiger partial charge in [-0.05, 0) is 51.3 Å². The third-order valence-electron chi connectivity index (χ3n) is 4.61. The van der Waals surface area contributed by atoms with E-state index in [0.717, 1.165) is 42.0 Å². The molecule has 1 aliphatic heterocycles. The lowest BCUT2D eigenvalue weighted by molar-refractivity contribution is -0.694. The van der Waals surface area contributed by atoms with Crippen LogP contribution in [0.3, 0.4) is 0 Å². The van der Waals surface area contributed by atoms with Crippen molar-refractivity contribution in [3.8, 4) is 5.69 Å². The van der Waals surface area contributed by atoms with E-state index in [2.05, 4.69) is 32.9 Å². The summed E-state index contributed by atoms with van der Waals surface area (Å²) in [5, 5.41) is 15.5. The Kier molecular flexibility index (Phi) is 5.11. The highest BCUT2D eigenvalue weighted by Gasteiger charge is 2.34. The molecule has 2 heterocycles. The largest absolute Gasteiger partial charge is 0.502 e. The minimum Gasteiger partial charge on any atom is -0.502 e. The van der Waals surface area contributed by atoms with Crippen molar-refractivity contribution >= 4 is 11.7 Å². The summed E-state index contributed by atoms with van der Waals surface area (Å²) in [6.45, 7) is 9.08. The number of benzene rings is 1. The Labute approximate surface area is 153 Å². The number of carbonyl (C=O) groups is 1. The topological polar surface area (TPSA) is 68.2 Å². The first kappa shape index (κ1) is 18.2. The first-order chi connectivity index (χ1) is 12.4. The van der Waals surface area contributed by atoms with Crippen LogP contribution in [-0.2, 0) is 22.5 Å². The Hall–Kier alpha value is -2.63. The number of ether oxygens (including phenoxy) is 1. The minimum atomic E-state index is -0.352. The number of fused-ring (bicyclic) bond motifs is 1. The number of nitrogens with zero attached hydrogens (tertiary/aromatic N) is 3. The quantitative estimate of drug-likeness (QED) is 0.508. The predicted octanol–water partition coefficient (Wildman–Crippen LogP) is 2.88. The zero-order valence-electron chi connectivity index (χ0n) is 15.9. The van der Waals surface area contributed by atoms with Crippen molar-refractivity contribution in [3.63, 3.8) is 0 Å². The molecule has 1 aromatic heterocycles. The number of hydrogen-bond donors (Lipinski definition) is 1. The van der Waals surface area contributed by atoms with Gasteiger partial charge in [0.1, 0.15) is 5.69 Å². The van der Waals surface area contributed by atoms with Crippen molar-refractivity contribution in [3.05, 3.63) is 46.5 Å². The van der Waals surface area contributed by atoms with Gasteiger partial charge in [-0.3, -0.25) is 4.79 Å². The summed E-state index contributed by atoms with van der Waals surface area (Å²) in [4.78, 5) is 11.6.